The van der Waals surface area contributed by atoms with Gasteiger partial charge < -0.3 is 14.8 Å². The average Bonchev–Trinajstić information content (AvgIpc) is 3.02. The van der Waals surface area contributed by atoms with Crippen LogP contribution in [0, 0.1) is 0 Å². The van der Waals surface area contributed by atoms with Gasteiger partial charge in [-0.25, -0.2) is 0 Å². The molecule has 9 heteroatoms. The molecule has 0 spiro atoms. The molecule has 1 saturated heterocycles. The maximum absolute atomic E-state index is 12.6. The van der Waals surface area contributed by atoms with Crippen LogP contribution in [0.2, 0.25) is 5.02 Å². The first kappa shape index (κ1) is 21.3. The number of hydrogen-bond acceptors (Lipinski definition) is 6. The fourth-order valence-corrected chi connectivity index (χ4v) is 4.19. The number of fused-ring (bicyclic) bond motifs is 1. The summed E-state index contributed by atoms with van der Waals surface area (Å²) in [5, 5.41) is 2.93. The molecule has 1 fully saturated rings. The van der Waals surface area contributed by atoms with Crippen molar-refractivity contribution in [3.8, 4) is 11.5 Å². The van der Waals surface area contributed by atoms with Crippen LogP contribution in [0.4, 0.5) is 4.79 Å². The van der Waals surface area contributed by atoms with Gasteiger partial charge in [0.05, 0.1) is 4.91 Å². The van der Waals surface area contributed by atoms with E-state index < -0.39 is 18.1 Å². The van der Waals surface area contributed by atoms with Crippen LogP contribution in [-0.4, -0.2) is 47.3 Å². The lowest BCUT2D eigenvalue weighted by molar-refractivity contribution is -0.133. The molecule has 160 valence electrons. The summed E-state index contributed by atoms with van der Waals surface area (Å²) in [7, 11) is 0. The molecule has 2 aliphatic heterocycles. The Kier molecular flexibility index (Phi) is 6.20. The first-order valence-corrected chi connectivity index (χ1v) is 10.8. The number of thioether (sulfide) groups is 1. The minimum absolute atomic E-state index is 0.0624. The summed E-state index contributed by atoms with van der Waals surface area (Å²) in [6, 6.07) is 14.1. The van der Waals surface area contributed by atoms with Gasteiger partial charge in [-0.05, 0) is 54.6 Å². The van der Waals surface area contributed by atoms with Crippen molar-refractivity contribution >= 4 is 46.5 Å². The van der Waals surface area contributed by atoms with Crippen molar-refractivity contribution < 1.29 is 23.9 Å². The van der Waals surface area contributed by atoms with Crippen molar-refractivity contribution in [2.75, 3.05) is 13.1 Å². The zero-order chi connectivity index (χ0) is 22.0. The molecule has 2 aromatic rings. The zero-order valence-corrected chi connectivity index (χ0v) is 18.1. The number of carbonyl (C=O) groups is 3. The van der Waals surface area contributed by atoms with Crippen LogP contribution in [0.5, 0.6) is 11.5 Å². The molecule has 31 heavy (non-hydrogen) atoms. The second kappa shape index (κ2) is 9.03. The third-order valence-electron chi connectivity index (χ3n) is 4.78. The number of nitrogens with one attached hydrogen (secondary N) is 1. The van der Waals surface area contributed by atoms with Crippen molar-refractivity contribution in [3.63, 3.8) is 0 Å². The summed E-state index contributed by atoms with van der Waals surface area (Å²) in [5.74, 6) is 0.327. The Balaban J connectivity index is 1.33. The first-order valence-electron chi connectivity index (χ1n) is 9.63. The second-order valence-corrected chi connectivity index (χ2v) is 8.41. The SMILES string of the molecule is CC1Oc2ccccc2OC1C(=O)NCCN1C(=O)S/C(=C\c2ccc(Cl)cc2)C1=O. The number of ether oxygens (including phenoxy) is 2. The van der Waals surface area contributed by atoms with E-state index in [9.17, 15) is 14.4 Å². The standard InChI is InChI=1S/C22H19ClN2O5S/c1-13-19(30-17-5-3-2-4-16(17)29-13)20(26)24-10-11-25-21(27)18(31-22(25)28)12-14-6-8-15(23)9-7-14/h2-9,12-13,19H,10-11H2,1H3,(H,24,26)/b18-12-. The quantitative estimate of drug-likeness (QED) is 0.687. The lowest BCUT2D eigenvalue weighted by atomic mass is 10.1. The van der Waals surface area contributed by atoms with E-state index in [1.807, 2.05) is 6.07 Å². The molecule has 0 aromatic heterocycles. The molecule has 2 aliphatic rings. The lowest BCUT2D eigenvalue weighted by Crippen LogP contribution is -2.50. The fourth-order valence-electron chi connectivity index (χ4n) is 3.20. The summed E-state index contributed by atoms with van der Waals surface area (Å²) < 4.78 is 11.5. The van der Waals surface area contributed by atoms with Crippen LogP contribution in [-0.2, 0) is 9.59 Å². The van der Waals surface area contributed by atoms with Crippen LogP contribution in [0.15, 0.2) is 53.4 Å². The van der Waals surface area contributed by atoms with Crippen LogP contribution < -0.4 is 14.8 Å². The van der Waals surface area contributed by atoms with E-state index in [2.05, 4.69) is 5.32 Å². The largest absolute Gasteiger partial charge is 0.482 e. The normalized spacial score (nSPS) is 21.5. The number of rotatable bonds is 5. The van der Waals surface area contributed by atoms with Crippen LogP contribution in [0.1, 0.15) is 12.5 Å². The van der Waals surface area contributed by atoms with Gasteiger partial charge in [-0.2, -0.15) is 0 Å². The summed E-state index contributed by atoms with van der Waals surface area (Å²) >= 11 is 6.74. The molecule has 0 saturated carbocycles. The number of halogens is 1. The predicted molar refractivity (Wildman–Crippen MR) is 118 cm³/mol. The average molecular weight is 459 g/mol. The number of nitrogens with zero attached hydrogens (tertiary/aromatic N) is 1. The Bertz CT molecular complexity index is 1060. The second-order valence-electron chi connectivity index (χ2n) is 6.98. The minimum atomic E-state index is -0.824. The molecular formula is C22H19ClN2O5S. The summed E-state index contributed by atoms with van der Waals surface area (Å²) in [5.41, 5.74) is 0.770. The molecule has 3 amide bonds. The van der Waals surface area contributed by atoms with Gasteiger partial charge in [0.1, 0.15) is 6.10 Å². The molecule has 0 bridgehead atoms. The monoisotopic (exact) mass is 458 g/mol. The number of imide groups is 1. The van der Waals surface area contributed by atoms with Crippen LogP contribution in [0.25, 0.3) is 6.08 Å². The zero-order valence-electron chi connectivity index (χ0n) is 16.5. The van der Waals surface area contributed by atoms with Gasteiger partial charge in [-0.15, -0.1) is 0 Å². The van der Waals surface area contributed by atoms with E-state index in [1.54, 1.807) is 55.5 Å². The van der Waals surface area contributed by atoms with E-state index in [0.29, 0.717) is 21.4 Å². The van der Waals surface area contributed by atoms with Gasteiger partial charge in [-0.3, -0.25) is 19.3 Å². The number of benzene rings is 2. The van der Waals surface area contributed by atoms with Crippen molar-refractivity contribution in [2.24, 2.45) is 0 Å². The third-order valence-corrected chi connectivity index (χ3v) is 5.94. The summed E-state index contributed by atoms with van der Waals surface area (Å²) in [6.07, 6.45) is 0.343. The van der Waals surface area contributed by atoms with Gasteiger partial charge in [0.15, 0.2) is 11.5 Å². The van der Waals surface area contributed by atoms with Crippen molar-refractivity contribution in [1.82, 2.24) is 10.2 Å². The van der Waals surface area contributed by atoms with Crippen molar-refractivity contribution in [1.29, 1.82) is 0 Å². The van der Waals surface area contributed by atoms with E-state index >= 15 is 0 Å². The molecule has 1 N–H and O–H groups in total. The third kappa shape index (κ3) is 4.70. The van der Waals surface area contributed by atoms with E-state index in [1.165, 1.54) is 0 Å². The summed E-state index contributed by atoms with van der Waals surface area (Å²) in [4.78, 5) is 38.8. The Morgan fingerprint density at radius 2 is 1.81 bits per heavy atom. The van der Waals surface area contributed by atoms with Crippen LogP contribution in [0.3, 0.4) is 0 Å². The minimum Gasteiger partial charge on any atom is -0.482 e. The van der Waals surface area contributed by atoms with Crippen molar-refractivity contribution in [3.05, 3.63) is 64.0 Å². The molecule has 2 aromatic carbocycles. The lowest BCUT2D eigenvalue weighted by Gasteiger charge is -2.31. The number of para-hydroxylation sites is 2. The molecular weight excluding hydrogens is 440 g/mol. The Morgan fingerprint density at radius 1 is 1.13 bits per heavy atom. The molecule has 2 unspecified atom stereocenters. The molecule has 4 rings (SSSR count). The highest BCUT2D eigenvalue weighted by Gasteiger charge is 2.36. The smallest absolute Gasteiger partial charge is 0.293 e. The Hall–Kier alpha value is -2.97. The highest BCUT2D eigenvalue weighted by atomic mass is 35.5. The maximum atomic E-state index is 12.6. The topological polar surface area (TPSA) is 84.9 Å². The molecule has 0 aliphatic carbocycles. The van der Waals surface area contributed by atoms with Gasteiger partial charge in [0.25, 0.3) is 17.1 Å². The molecule has 2 heterocycles. The number of hydrogen-bond donors (Lipinski definition) is 1. The van der Waals surface area contributed by atoms with Crippen molar-refractivity contribution in [2.45, 2.75) is 19.1 Å². The first-order chi connectivity index (χ1) is 14.9. The van der Waals surface area contributed by atoms with E-state index in [4.69, 9.17) is 21.1 Å². The highest BCUT2D eigenvalue weighted by molar-refractivity contribution is 8.18. The van der Waals surface area contributed by atoms with Gasteiger partial charge in [0.2, 0.25) is 6.10 Å². The molecule has 0 radical (unpaired) electrons. The maximum Gasteiger partial charge on any atom is 0.293 e. The van der Waals surface area contributed by atoms with E-state index in [-0.39, 0.29) is 24.2 Å². The van der Waals surface area contributed by atoms with Gasteiger partial charge in [0, 0.05) is 18.1 Å². The molecule has 7 nitrogen and oxygen atoms in total. The van der Waals surface area contributed by atoms with Gasteiger partial charge in [-0.1, -0.05) is 35.9 Å². The highest BCUT2D eigenvalue weighted by Crippen LogP contribution is 2.34. The van der Waals surface area contributed by atoms with Crippen LogP contribution >= 0.6 is 23.4 Å². The predicted octanol–water partition coefficient (Wildman–Crippen LogP) is 3.72. The van der Waals surface area contributed by atoms with Gasteiger partial charge >= 0.3 is 0 Å². The Morgan fingerprint density at radius 3 is 2.52 bits per heavy atom. The number of carbonyl (C=O) groups excluding carboxylic acids is 3. The fraction of sp³-hybridized carbons (Fsp3) is 0.227. The molecule has 2 atom stereocenters. The Labute approximate surface area is 188 Å². The van der Waals surface area contributed by atoms with E-state index in [0.717, 1.165) is 22.2 Å². The summed E-state index contributed by atoms with van der Waals surface area (Å²) in [6.45, 7) is 1.92. The number of amides is 3.